The van der Waals surface area contributed by atoms with Gasteiger partial charge in [0.05, 0.1) is 11.1 Å². The summed E-state index contributed by atoms with van der Waals surface area (Å²) in [7, 11) is 1.67. The topological polar surface area (TPSA) is 54.3 Å². The Morgan fingerprint density at radius 3 is 2.41 bits per heavy atom. The minimum absolute atomic E-state index is 0.0152. The number of aromatic nitrogens is 1. The van der Waals surface area contributed by atoms with Gasteiger partial charge in [0.15, 0.2) is 0 Å². The average Bonchev–Trinajstić information content (AvgIpc) is 2.70. The number of benzene rings is 2. The van der Waals surface area contributed by atoms with Gasteiger partial charge in [0, 0.05) is 30.4 Å². The van der Waals surface area contributed by atoms with Gasteiger partial charge in [0.25, 0.3) is 5.56 Å². The van der Waals surface area contributed by atoms with Crippen molar-refractivity contribution in [1.82, 2.24) is 9.47 Å². The Hall–Kier alpha value is -2.86. The van der Waals surface area contributed by atoms with Crippen molar-refractivity contribution < 1.29 is 9.18 Å². The van der Waals surface area contributed by atoms with E-state index in [2.05, 4.69) is 5.32 Å². The number of fused-ring (bicyclic) bond motifs is 1. The molecule has 0 fully saturated rings. The van der Waals surface area contributed by atoms with E-state index in [4.69, 9.17) is 11.6 Å². The molecule has 0 spiro atoms. The highest BCUT2D eigenvalue weighted by Crippen LogP contribution is 2.27. The van der Waals surface area contributed by atoms with Gasteiger partial charge in [-0.15, -0.1) is 0 Å². The first-order chi connectivity index (χ1) is 13.7. The second kappa shape index (κ2) is 8.25. The molecule has 1 N–H and O–H groups in total. The lowest BCUT2D eigenvalue weighted by molar-refractivity contribution is 0.208. The van der Waals surface area contributed by atoms with E-state index >= 15 is 0 Å². The Kier molecular flexibility index (Phi) is 5.94. The van der Waals surface area contributed by atoms with Crippen molar-refractivity contribution in [2.24, 2.45) is 0 Å². The van der Waals surface area contributed by atoms with Crippen molar-refractivity contribution in [3.8, 4) is 0 Å². The van der Waals surface area contributed by atoms with E-state index in [1.54, 1.807) is 17.7 Å². The van der Waals surface area contributed by atoms with E-state index in [1.165, 1.54) is 23.1 Å². The largest absolute Gasteiger partial charge is 0.322 e. The van der Waals surface area contributed by atoms with Crippen LogP contribution < -0.4 is 10.9 Å². The molecule has 152 valence electrons. The number of anilines is 1. The van der Waals surface area contributed by atoms with E-state index in [0.29, 0.717) is 11.1 Å². The first-order valence-corrected chi connectivity index (χ1v) is 9.71. The quantitative estimate of drug-likeness (QED) is 0.603. The number of carbonyl (C=O) groups is 1. The summed E-state index contributed by atoms with van der Waals surface area (Å²) in [4.78, 5) is 27.1. The highest BCUT2D eigenvalue weighted by Gasteiger charge is 2.22. The molecular formula is C22H23ClFN3O2. The lowest BCUT2D eigenvalue weighted by Crippen LogP contribution is -2.34. The summed E-state index contributed by atoms with van der Waals surface area (Å²) >= 11 is 5.79. The first kappa shape index (κ1) is 20.9. The number of hydrogen-bond donors (Lipinski definition) is 1. The number of rotatable bonds is 4. The zero-order valence-electron chi connectivity index (χ0n) is 16.7. The lowest BCUT2D eigenvalue weighted by atomic mass is 10.0. The number of halogens is 2. The number of carbonyl (C=O) groups excluding carboxylic acids is 1. The number of pyridine rings is 1. The summed E-state index contributed by atoms with van der Waals surface area (Å²) in [6, 6.07) is 10.7. The molecule has 7 heteroatoms. The fraction of sp³-hybridized carbons (Fsp3) is 0.273. The van der Waals surface area contributed by atoms with Crippen LogP contribution in [0.15, 0.2) is 53.5 Å². The fourth-order valence-corrected chi connectivity index (χ4v) is 3.41. The molecular weight excluding hydrogens is 393 g/mol. The second-order valence-corrected chi connectivity index (χ2v) is 7.69. The Balaban J connectivity index is 1.96. The molecule has 1 heterocycles. The Bertz CT molecular complexity index is 1130. The van der Waals surface area contributed by atoms with Crippen molar-refractivity contribution in [3.63, 3.8) is 0 Å². The molecule has 1 atom stereocenters. The molecule has 3 aromatic rings. The smallest absolute Gasteiger partial charge is 0.321 e. The Morgan fingerprint density at radius 2 is 1.79 bits per heavy atom. The number of amides is 2. The normalized spacial score (nSPS) is 12.2. The molecule has 29 heavy (non-hydrogen) atoms. The van der Waals surface area contributed by atoms with Crippen LogP contribution in [-0.2, 0) is 0 Å². The van der Waals surface area contributed by atoms with E-state index < -0.39 is 5.82 Å². The fourth-order valence-electron chi connectivity index (χ4n) is 3.22. The minimum Gasteiger partial charge on any atom is -0.321 e. The van der Waals surface area contributed by atoms with Crippen molar-refractivity contribution >= 4 is 34.1 Å². The van der Waals surface area contributed by atoms with Gasteiger partial charge in [0.2, 0.25) is 0 Å². The van der Waals surface area contributed by atoms with E-state index in [0.717, 1.165) is 10.9 Å². The summed E-state index contributed by atoms with van der Waals surface area (Å²) in [6.45, 7) is 5.78. The van der Waals surface area contributed by atoms with Crippen molar-refractivity contribution in [1.29, 1.82) is 0 Å². The first-order valence-electron chi connectivity index (χ1n) is 9.33. The summed E-state index contributed by atoms with van der Waals surface area (Å²) < 4.78 is 15.0. The molecule has 0 bridgehead atoms. The van der Waals surface area contributed by atoms with Crippen LogP contribution >= 0.6 is 11.6 Å². The number of nitrogens with one attached hydrogen (secondary N) is 1. The predicted molar refractivity (Wildman–Crippen MR) is 115 cm³/mol. The average molecular weight is 416 g/mol. The molecule has 3 rings (SSSR count). The maximum absolute atomic E-state index is 13.3. The molecule has 0 aliphatic carbocycles. The van der Waals surface area contributed by atoms with Crippen LogP contribution in [-0.4, -0.2) is 22.5 Å². The predicted octanol–water partition coefficient (Wildman–Crippen LogP) is 5.60. The zero-order chi connectivity index (χ0) is 21.3. The summed E-state index contributed by atoms with van der Waals surface area (Å²) in [5.74, 6) is -0.547. The van der Waals surface area contributed by atoms with Gasteiger partial charge < -0.3 is 14.8 Å². The van der Waals surface area contributed by atoms with Gasteiger partial charge in [-0.3, -0.25) is 4.79 Å². The van der Waals surface area contributed by atoms with Gasteiger partial charge in [-0.2, -0.15) is 0 Å². The number of nitrogens with zero attached hydrogens (tertiary/aromatic N) is 2. The summed E-state index contributed by atoms with van der Waals surface area (Å²) in [6.07, 6.45) is 1.82. The molecule has 0 radical (unpaired) electrons. The standard InChI is InChI=1S/C22H23ClFN3O2/c1-13(2)27-12-18(16-7-5-6-8-17(16)21(27)28)14(3)26(4)22(29)25-15-9-10-20(24)19(23)11-15/h5-14H,1-4H3,(H,25,29)/t14-/m0/s1. The van der Waals surface area contributed by atoms with Crippen LogP contribution in [0.4, 0.5) is 14.9 Å². The highest BCUT2D eigenvalue weighted by atomic mass is 35.5. The lowest BCUT2D eigenvalue weighted by Gasteiger charge is -2.27. The second-order valence-electron chi connectivity index (χ2n) is 7.28. The van der Waals surface area contributed by atoms with Gasteiger partial charge in [-0.1, -0.05) is 29.8 Å². The SMILES string of the molecule is CC(C)n1cc([C@H](C)N(C)C(=O)Nc2ccc(F)c(Cl)c2)c2ccccc2c1=O. The van der Waals surface area contributed by atoms with Gasteiger partial charge >= 0.3 is 6.03 Å². The maximum atomic E-state index is 13.3. The molecule has 2 aromatic carbocycles. The Labute approximate surface area is 173 Å². The Morgan fingerprint density at radius 1 is 1.14 bits per heavy atom. The van der Waals surface area contributed by atoms with Gasteiger partial charge in [-0.25, -0.2) is 9.18 Å². The van der Waals surface area contributed by atoms with Gasteiger partial charge in [-0.05, 0) is 56.0 Å². The molecule has 2 amide bonds. The zero-order valence-corrected chi connectivity index (χ0v) is 17.5. The number of urea groups is 1. The summed E-state index contributed by atoms with van der Waals surface area (Å²) in [5, 5.41) is 4.09. The van der Waals surface area contributed by atoms with Crippen LogP contribution in [0.25, 0.3) is 10.8 Å². The summed E-state index contributed by atoms with van der Waals surface area (Å²) in [5.41, 5.74) is 1.21. The minimum atomic E-state index is -0.547. The molecule has 0 aliphatic heterocycles. The van der Waals surface area contributed by atoms with E-state index in [1.807, 2.05) is 45.2 Å². The molecule has 0 saturated carbocycles. The van der Waals surface area contributed by atoms with E-state index in [-0.39, 0.29) is 28.7 Å². The molecule has 0 aliphatic rings. The third-order valence-electron chi connectivity index (χ3n) is 5.06. The molecule has 0 unspecified atom stereocenters. The van der Waals surface area contributed by atoms with Crippen molar-refractivity contribution in [3.05, 3.63) is 75.4 Å². The monoisotopic (exact) mass is 415 g/mol. The van der Waals surface area contributed by atoms with Crippen LogP contribution in [0.1, 0.15) is 38.4 Å². The third kappa shape index (κ3) is 4.12. The molecule has 1 aromatic heterocycles. The number of hydrogen-bond acceptors (Lipinski definition) is 2. The molecule has 5 nitrogen and oxygen atoms in total. The van der Waals surface area contributed by atoms with Crippen LogP contribution in [0.2, 0.25) is 5.02 Å². The van der Waals surface area contributed by atoms with Crippen molar-refractivity contribution in [2.75, 3.05) is 12.4 Å². The van der Waals surface area contributed by atoms with Crippen molar-refractivity contribution in [2.45, 2.75) is 32.9 Å². The highest BCUT2D eigenvalue weighted by molar-refractivity contribution is 6.31. The van der Waals surface area contributed by atoms with Crippen LogP contribution in [0.5, 0.6) is 0 Å². The van der Waals surface area contributed by atoms with Crippen LogP contribution in [0, 0.1) is 5.82 Å². The maximum Gasteiger partial charge on any atom is 0.322 e. The van der Waals surface area contributed by atoms with Crippen LogP contribution in [0.3, 0.4) is 0 Å². The van der Waals surface area contributed by atoms with E-state index in [9.17, 15) is 14.0 Å². The molecule has 0 saturated heterocycles. The third-order valence-corrected chi connectivity index (χ3v) is 5.35. The van der Waals surface area contributed by atoms with Gasteiger partial charge in [0.1, 0.15) is 5.82 Å².